The highest BCUT2D eigenvalue weighted by molar-refractivity contribution is 6.30. The molecule has 1 aromatic carbocycles. The van der Waals surface area contributed by atoms with Crippen molar-refractivity contribution < 1.29 is 9.32 Å². The second-order valence-corrected chi connectivity index (χ2v) is 8.65. The molecular weight excluding hydrogens is 388 g/mol. The lowest BCUT2D eigenvalue weighted by molar-refractivity contribution is -0.133. The lowest BCUT2D eigenvalue weighted by atomic mass is 9.86. The second kappa shape index (κ2) is 9.72. The standard InChI is InChI=1S/C22H29ClN4O2/c23-19-9-7-18(8-10-19)22-24-20(29-25-22)16-26-12-14-27(15-13-26)21(28)11-6-17-4-2-1-3-5-17/h7-10,17H,1-6,11-16H2. The van der Waals surface area contributed by atoms with E-state index < -0.39 is 0 Å². The molecule has 7 heteroatoms. The van der Waals surface area contributed by atoms with Crippen LogP contribution in [0.1, 0.15) is 50.8 Å². The number of rotatable bonds is 6. The monoisotopic (exact) mass is 416 g/mol. The van der Waals surface area contributed by atoms with E-state index in [4.69, 9.17) is 16.1 Å². The topological polar surface area (TPSA) is 62.5 Å². The van der Waals surface area contributed by atoms with Gasteiger partial charge in [0.15, 0.2) is 0 Å². The Morgan fingerprint density at radius 1 is 1.07 bits per heavy atom. The van der Waals surface area contributed by atoms with Crippen LogP contribution in [0.5, 0.6) is 0 Å². The summed E-state index contributed by atoms with van der Waals surface area (Å²) in [4.78, 5) is 21.3. The third kappa shape index (κ3) is 5.58. The molecule has 0 unspecified atom stereocenters. The third-order valence-corrected chi connectivity index (χ3v) is 6.40. The molecule has 1 saturated heterocycles. The van der Waals surface area contributed by atoms with Gasteiger partial charge in [-0.1, -0.05) is 48.9 Å². The van der Waals surface area contributed by atoms with Crippen molar-refractivity contribution >= 4 is 17.5 Å². The van der Waals surface area contributed by atoms with E-state index in [1.165, 1.54) is 32.1 Å². The van der Waals surface area contributed by atoms with Crippen LogP contribution in [0.15, 0.2) is 28.8 Å². The highest BCUT2D eigenvalue weighted by atomic mass is 35.5. The number of benzene rings is 1. The van der Waals surface area contributed by atoms with Gasteiger partial charge < -0.3 is 9.42 Å². The largest absolute Gasteiger partial charge is 0.340 e. The maximum Gasteiger partial charge on any atom is 0.241 e. The molecule has 6 nitrogen and oxygen atoms in total. The maximum atomic E-state index is 12.5. The minimum atomic E-state index is 0.318. The van der Waals surface area contributed by atoms with Crippen LogP contribution in [0, 0.1) is 5.92 Å². The summed E-state index contributed by atoms with van der Waals surface area (Å²) in [6.07, 6.45) is 8.44. The predicted octanol–water partition coefficient (Wildman–Crippen LogP) is 4.39. The number of aromatic nitrogens is 2. The summed E-state index contributed by atoms with van der Waals surface area (Å²) in [5.74, 6) is 2.26. The van der Waals surface area contributed by atoms with Crippen LogP contribution in [0.4, 0.5) is 0 Å². The van der Waals surface area contributed by atoms with Gasteiger partial charge >= 0.3 is 0 Å². The van der Waals surface area contributed by atoms with Gasteiger partial charge in [0.1, 0.15) is 0 Å². The zero-order chi connectivity index (χ0) is 20.1. The van der Waals surface area contributed by atoms with Crippen molar-refractivity contribution in [2.45, 2.75) is 51.5 Å². The summed E-state index contributed by atoms with van der Waals surface area (Å²) >= 11 is 5.93. The van der Waals surface area contributed by atoms with E-state index in [0.29, 0.717) is 35.6 Å². The smallest absolute Gasteiger partial charge is 0.241 e. The van der Waals surface area contributed by atoms with E-state index >= 15 is 0 Å². The SMILES string of the molecule is O=C(CCC1CCCCC1)N1CCN(Cc2nc(-c3ccc(Cl)cc3)no2)CC1. The predicted molar refractivity (Wildman–Crippen MR) is 112 cm³/mol. The van der Waals surface area contributed by atoms with Crippen molar-refractivity contribution in [2.24, 2.45) is 5.92 Å². The zero-order valence-corrected chi connectivity index (χ0v) is 17.6. The summed E-state index contributed by atoms with van der Waals surface area (Å²) in [7, 11) is 0. The summed E-state index contributed by atoms with van der Waals surface area (Å²) < 4.78 is 5.42. The van der Waals surface area contributed by atoms with Gasteiger partial charge in [-0.15, -0.1) is 0 Å². The molecule has 1 saturated carbocycles. The van der Waals surface area contributed by atoms with Crippen molar-refractivity contribution in [2.75, 3.05) is 26.2 Å². The average molecular weight is 417 g/mol. The fraction of sp³-hybridized carbons (Fsp3) is 0.591. The number of hydrogen-bond donors (Lipinski definition) is 0. The van der Waals surface area contributed by atoms with E-state index in [1.54, 1.807) is 0 Å². The van der Waals surface area contributed by atoms with E-state index in [0.717, 1.165) is 44.1 Å². The molecule has 0 spiro atoms. The number of nitrogens with zero attached hydrogens (tertiary/aromatic N) is 4. The molecule has 1 aliphatic heterocycles. The molecule has 2 heterocycles. The Hall–Kier alpha value is -1.92. The van der Waals surface area contributed by atoms with Crippen LogP contribution < -0.4 is 0 Å². The van der Waals surface area contributed by atoms with Gasteiger partial charge in [-0.3, -0.25) is 9.69 Å². The quantitative estimate of drug-likeness (QED) is 0.698. The van der Waals surface area contributed by atoms with Gasteiger partial charge in [0, 0.05) is 43.2 Å². The number of halogens is 1. The molecule has 1 amide bonds. The fourth-order valence-electron chi connectivity index (χ4n) is 4.34. The van der Waals surface area contributed by atoms with Gasteiger partial charge in [0.25, 0.3) is 0 Å². The maximum absolute atomic E-state index is 12.5. The molecule has 29 heavy (non-hydrogen) atoms. The van der Waals surface area contributed by atoms with E-state index in [9.17, 15) is 4.79 Å². The van der Waals surface area contributed by atoms with Crippen LogP contribution in [-0.4, -0.2) is 52.0 Å². The minimum Gasteiger partial charge on any atom is -0.340 e. The molecule has 0 radical (unpaired) electrons. The Bertz CT molecular complexity index is 793. The molecule has 2 fully saturated rings. The first-order valence-corrected chi connectivity index (χ1v) is 11.1. The normalized spacial score (nSPS) is 18.9. The van der Waals surface area contributed by atoms with Crippen LogP contribution in [-0.2, 0) is 11.3 Å². The first kappa shape index (κ1) is 20.4. The zero-order valence-electron chi connectivity index (χ0n) is 16.9. The number of amides is 1. The Labute approximate surface area is 177 Å². The first-order valence-electron chi connectivity index (χ1n) is 10.8. The van der Waals surface area contributed by atoms with Gasteiger partial charge in [-0.25, -0.2) is 0 Å². The molecule has 0 bridgehead atoms. The second-order valence-electron chi connectivity index (χ2n) is 8.22. The van der Waals surface area contributed by atoms with Crippen molar-refractivity contribution in [1.29, 1.82) is 0 Å². The minimum absolute atomic E-state index is 0.318. The van der Waals surface area contributed by atoms with Crippen LogP contribution in [0.2, 0.25) is 5.02 Å². The van der Waals surface area contributed by atoms with Crippen LogP contribution in [0.3, 0.4) is 0 Å². The highest BCUT2D eigenvalue weighted by Gasteiger charge is 2.23. The Morgan fingerprint density at radius 3 is 2.52 bits per heavy atom. The number of carbonyl (C=O) groups is 1. The highest BCUT2D eigenvalue weighted by Crippen LogP contribution is 2.27. The van der Waals surface area contributed by atoms with E-state index in [-0.39, 0.29) is 0 Å². The molecule has 1 aliphatic carbocycles. The first-order chi connectivity index (χ1) is 14.2. The molecule has 1 aromatic heterocycles. The van der Waals surface area contributed by atoms with Crippen LogP contribution in [0.25, 0.3) is 11.4 Å². The summed E-state index contributed by atoms with van der Waals surface area (Å²) in [6.45, 7) is 3.86. The molecule has 2 aromatic rings. The summed E-state index contributed by atoms with van der Waals surface area (Å²) in [5.41, 5.74) is 0.887. The number of carbonyl (C=O) groups excluding carboxylic acids is 1. The van der Waals surface area contributed by atoms with Crippen molar-refractivity contribution in [3.63, 3.8) is 0 Å². The van der Waals surface area contributed by atoms with Crippen molar-refractivity contribution in [3.8, 4) is 11.4 Å². The molecule has 2 aliphatic rings. The summed E-state index contributed by atoms with van der Waals surface area (Å²) in [5, 5.41) is 4.76. The lowest BCUT2D eigenvalue weighted by Crippen LogP contribution is -2.48. The van der Waals surface area contributed by atoms with Crippen molar-refractivity contribution in [1.82, 2.24) is 19.9 Å². The Kier molecular flexibility index (Phi) is 6.82. The average Bonchev–Trinajstić information content (AvgIpc) is 3.22. The third-order valence-electron chi connectivity index (χ3n) is 6.15. The Balaban J connectivity index is 1.21. The number of piperazine rings is 1. The molecule has 4 rings (SSSR count). The van der Waals surface area contributed by atoms with E-state index in [1.807, 2.05) is 29.2 Å². The van der Waals surface area contributed by atoms with E-state index in [2.05, 4.69) is 15.0 Å². The summed E-state index contributed by atoms with van der Waals surface area (Å²) in [6, 6.07) is 7.40. The fourth-order valence-corrected chi connectivity index (χ4v) is 4.47. The van der Waals surface area contributed by atoms with Gasteiger partial charge in [-0.2, -0.15) is 4.98 Å². The van der Waals surface area contributed by atoms with Gasteiger partial charge in [0.2, 0.25) is 17.6 Å². The number of hydrogen-bond acceptors (Lipinski definition) is 5. The molecule has 0 N–H and O–H groups in total. The van der Waals surface area contributed by atoms with Crippen molar-refractivity contribution in [3.05, 3.63) is 35.2 Å². The lowest BCUT2D eigenvalue weighted by Gasteiger charge is -2.34. The molecule has 0 atom stereocenters. The molecule has 156 valence electrons. The van der Waals surface area contributed by atoms with Gasteiger partial charge in [0.05, 0.1) is 6.54 Å². The van der Waals surface area contributed by atoms with Crippen LogP contribution >= 0.6 is 11.6 Å². The Morgan fingerprint density at radius 2 is 1.79 bits per heavy atom. The van der Waals surface area contributed by atoms with Gasteiger partial charge in [-0.05, 0) is 36.6 Å². The molecular formula is C22H29ClN4O2.